The molecule has 5 nitrogen and oxygen atoms in total. The van der Waals surface area contributed by atoms with Crippen LogP contribution in [0.1, 0.15) is 10.5 Å². The predicted molar refractivity (Wildman–Crippen MR) is 96.2 cm³/mol. The molecule has 0 aliphatic heterocycles. The average Bonchev–Trinajstić information content (AvgIpc) is 2.61. The number of halogens is 3. The van der Waals surface area contributed by atoms with Crippen molar-refractivity contribution in [2.24, 2.45) is 0 Å². The van der Waals surface area contributed by atoms with Crippen LogP contribution in [0.4, 0.5) is 10.1 Å². The van der Waals surface area contributed by atoms with Crippen LogP contribution < -0.4 is 10.1 Å². The fourth-order valence-corrected chi connectivity index (χ4v) is 2.59. The maximum atomic E-state index is 14.7. The third kappa shape index (κ3) is 3.86. The normalized spacial score (nSPS) is 10.3. The summed E-state index contributed by atoms with van der Waals surface area (Å²) in [6.45, 7) is 3.99. The summed E-state index contributed by atoms with van der Waals surface area (Å²) >= 11 is 12.1. The molecule has 132 valence electrons. The molecule has 0 fully saturated rings. The highest BCUT2D eigenvalue weighted by Crippen LogP contribution is 2.37. The smallest absolute Gasteiger partial charge is 0.358 e. The standard InChI is InChI=1S/C17H15Cl2FN2O3/c1-4-7-21-12-8-11(22-15(13(12)19)17(23)25-3)9-5-6-10(18)16(24-2)14(9)20/h4-6,8H,1,7H2,2-3H3,(H,21,22). The molecule has 0 atom stereocenters. The minimum absolute atomic E-state index is 0.0683. The minimum atomic E-state index is -0.741. The number of carbonyl (C=O) groups is 1. The number of anilines is 1. The van der Waals surface area contributed by atoms with Crippen LogP contribution in [0.25, 0.3) is 11.3 Å². The molecular weight excluding hydrogens is 370 g/mol. The molecule has 2 rings (SSSR count). The summed E-state index contributed by atoms with van der Waals surface area (Å²) in [7, 11) is 2.51. The van der Waals surface area contributed by atoms with Gasteiger partial charge in [-0.15, -0.1) is 6.58 Å². The number of carbonyl (C=O) groups excluding carboxylic acids is 1. The first-order chi connectivity index (χ1) is 11.9. The zero-order valence-corrected chi connectivity index (χ0v) is 15.0. The number of nitrogens with one attached hydrogen (secondary N) is 1. The van der Waals surface area contributed by atoms with E-state index in [0.29, 0.717) is 12.2 Å². The molecule has 1 N–H and O–H groups in total. The molecule has 0 saturated heterocycles. The van der Waals surface area contributed by atoms with Gasteiger partial charge in [-0.2, -0.15) is 0 Å². The Morgan fingerprint density at radius 3 is 2.72 bits per heavy atom. The molecule has 0 aliphatic rings. The Bertz CT molecular complexity index is 828. The molecule has 0 aliphatic carbocycles. The number of aromatic nitrogens is 1. The summed E-state index contributed by atoms with van der Waals surface area (Å²) in [5.74, 6) is -1.55. The van der Waals surface area contributed by atoms with Crippen molar-refractivity contribution in [3.63, 3.8) is 0 Å². The van der Waals surface area contributed by atoms with Gasteiger partial charge in [-0.1, -0.05) is 29.3 Å². The Balaban J connectivity index is 2.69. The Hall–Kier alpha value is -2.31. The third-order valence-corrected chi connectivity index (χ3v) is 3.98. The van der Waals surface area contributed by atoms with Gasteiger partial charge in [0.05, 0.1) is 35.6 Å². The molecule has 0 spiro atoms. The fraction of sp³-hybridized carbons (Fsp3) is 0.176. The van der Waals surface area contributed by atoms with Gasteiger partial charge in [-0.25, -0.2) is 14.2 Å². The van der Waals surface area contributed by atoms with Gasteiger partial charge in [-0.3, -0.25) is 0 Å². The fourth-order valence-electron chi connectivity index (χ4n) is 2.13. The van der Waals surface area contributed by atoms with Crippen molar-refractivity contribution in [2.45, 2.75) is 0 Å². The Morgan fingerprint density at radius 1 is 1.40 bits per heavy atom. The first-order valence-corrected chi connectivity index (χ1v) is 7.86. The van der Waals surface area contributed by atoms with Crippen molar-refractivity contribution in [1.82, 2.24) is 4.98 Å². The highest BCUT2D eigenvalue weighted by molar-refractivity contribution is 6.36. The minimum Gasteiger partial charge on any atom is -0.492 e. The van der Waals surface area contributed by atoms with Crippen molar-refractivity contribution >= 4 is 34.9 Å². The number of pyridine rings is 1. The molecule has 2 aromatic rings. The van der Waals surface area contributed by atoms with E-state index in [1.54, 1.807) is 6.08 Å². The number of esters is 1. The predicted octanol–water partition coefficient (Wildman–Crippen LogP) is 4.59. The van der Waals surface area contributed by atoms with Gasteiger partial charge in [0.15, 0.2) is 17.3 Å². The monoisotopic (exact) mass is 384 g/mol. The number of nitrogens with zero attached hydrogens (tertiary/aromatic N) is 1. The molecule has 0 amide bonds. The van der Waals surface area contributed by atoms with Crippen LogP contribution in [0, 0.1) is 5.82 Å². The van der Waals surface area contributed by atoms with Crippen LogP contribution in [0.2, 0.25) is 10.0 Å². The van der Waals surface area contributed by atoms with E-state index in [2.05, 4.69) is 21.6 Å². The summed E-state index contributed by atoms with van der Waals surface area (Å²) in [6, 6.07) is 4.43. The maximum Gasteiger partial charge on any atom is 0.358 e. The van der Waals surface area contributed by atoms with Crippen LogP contribution in [-0.2, 0) is 4.74 Å². The average molecular weight is 385 g/mol. The lowest BCUT2D eigenvalue weighted by molar-refractivity contribution is 0.0594. The molecular formula is C17H15Cl2FN2O3. The van der Waals surface area contributed by atoms with Crippen LogP contribution >= 0.6 is 23.2 Å². The molecule has 25 heavy (non-hydrogen) atoms. The molecule has 8 heteroatoms. The van der Waals surface area contributed by atoms with Crippen molar-refractivity contribution < 1.29 is 18.7 Å². The summed E-state index contributed by atoms with van der Waals surface area (Å²) in [5, 5.41) is 3.16. The lowest BCUT2D eigenvalue weighted by Crippen LogP contribution is -2.10. The molecule has 1 heterocycles. The SMILES string of the molecule is C=CCNc1cc(-c2ccc(Cl)c(OC)c2F)nc(C(=O)OC)c1Cl. The van der Waals surface area contributed by atoms with E-state index >= 15 is 0 Å². The molecule has 0 bridgehead atoms. The Morgan fingerprint density at radius 2 is 2.12 bits per heavy atom. The van der Waals surface area contributed by atoms with E-state index in [9.17, 15) is 9.18 Å². The van der Waals surface area contributed by atoms with Gasteiger partial charge < -0.3 is 14.8 Å². The largest absolute Gasteiger partial charge is 0.492 e. The second-order valence-corrected chi connectivity index (χ2v) is 5.61. The van der Waals surface area contributed by atoms with E-state index in [-0.39, 0.29) is 32.7 Å². The summed E-state index contributed by atoms with van der Waals surface area (Å²) in [4.78, 5) is 16.1. The molecule has 1 aromatic heterocycles. The van der Waals surface area contributed by atoms with Crippen LogP contribution in [-0.4, -0.2) is 31.7 Å². The summed E-state index contributed by atoms with van der Waals surface area (Å²) in [6.07, 6.45) is 1.61. The quantitative estimate of drug-likeness (QED) is 0.582. The molecule has 0 radical (unpaired) electrons. The van der Waals surface area contributed by atoms with Crippen LogP contribution in [0.3, 0.4) is 0 Å². The van der Waals surface area contributed by atoms with Crippen molar-refractivity contribution in [3.8, 4) is 17.0 Å². The van der Waals surface area contributed by atoms with Gasteiger partial charge in [0.25, 0.3) is 0 Å². The van der Waals surface area contributed by atoms with Crippen LogP contribution in [0.15, 0.2) is 30.9 Å². The third-order valence-electron chi connectivity index (χ3n) is 3.30. The first kappa shape index (κ1) is 19.0. The zero-order chi connectivity index (χ0) is 18.6. The van der Waals surface area contributed by atoms with E-state index < -0.39 is 11.8 Å². The molecule has 0 unspecified atom stereocenters. The number of methoxy groups -OCH3 is 2. The number of benzene rings is 1. The van der Waals surface area contributed by atoms with Gasteiger partial charge in [0.1, 0.15) is 0 Å². The zero-order valence-electron chi connectivity index (χ0n) is 13.5. The van der Waals surface area contributed by atoms with E-state index in [4.69, 9.17) is 27.9 Å². The van der Waals surface area contributed by atoms with Gasteiger partial charge in [0, 0.05) is 12.1 Å². The van der Waals surface area contributed by atoms with E-state index in [1.165, 1.54) is 32.4 Å². The highest BCUT2D eigenvalue weighted by Gasteiger charge is 2.22. The Labute approximate surface area is 154 Å². The number of ether oxygens (including phenoxy) is 2. The molecule has 0 saturated carbocycles. The summed E-state index contributed by atoms with van der Waals surface area (Å²) < 4.78 is 24.3. The number of rotatable bonds is 6. The summed E-state index contributed by atoms with van der Waals surface area (Å²) in [5.41, 5.74) is 0.524. The highest BCUT2D eigenvalue weighted by atomic mass is 35.5. The van der Waals surface area contributed by atoms with E-state index in [1.807, 2.05) is 0 Å². The van der Waals surface area contributed by atoms with Crippen LogP contribution in [0.5, 0.6) is 5.75 Å². The first-order valence-electron chi connectivity index (χ1n) is 7.10. The van der Waals surface area contributed by atoms with Gasteiger partial charge in [0.2, 0.25) is 0 Å². The lowest BCUT2D eigenvalue weighted by Gasteiger charge is -2.14. The lowest BCUT2D eigenvalue weighted by atomic mass is 10.1. The van der Waals surface area contributed by atoms with Crippen molar-refractivity contribution in [2.75, 3.05) is 26.1 Å². The number of hydrogen-bond donors (Lipinski definition) is 1. The van der Waals surface area contributed by atoms with Crippen molar-refractivity contribution in [3.05, 3.63) is 52.4 Å². The van der Waals surface area contributed by atoms with Gasteiger partial charge >= 0.3 is 5.97 Å². The van der Waals surface area contributed by atoms with Crippen molar-refractivity contribution in [1.29, 1.82) is 0 Å². The van der Waals surface area contributed by atoms with E-state index in [0.717, 1.165) is 0 Å². The molecule has 1 aromatic carbocycles. The maximum absolute atomic E-state index is 14.7. The second-order valence-electron chi connectivity index (χ2n) is 4.82. The van der Waals surface area contributed by atoms with Gasteiger partial charge in [-0.05, 0) is 18.2 Å². The Kier molecular flexibility index (Phi) is 6.22. The second kappa shape index (κ2) is 8.18. The number of hydrogen-bond acceptors (Lipinski definition) is 5. The topological polar surface area (TPSA) is 60.5 Å².